The van der Waals surface area contributed by atoms with Gasteiger partial charge in [-0.2, -0.15) is 5.10 Å². The van der Waals surface area contributed by atoms with Crippen molar-refractivity contribution in [2.75, 3.05) is 0 Å². The lowest BCUT2D eigenvalue weighted by Crippen LogP contribution is -1.99. The third-order valence-electron chi connectivity index (χ3n) is 3.27. The maximum absolute atomic E-state index is 4.31. The molecule has 0 aliphatic carbocycles. The summed E-state index contributed by atoms with van der Waals surface area (Å²) in [7, 11) is 0. The Morgan fingerprint density at radius 3 is 2.62 bits per heavy atom. The second-order valence-corrected chi connectivity index (χ2v) is 5.64. The molecule has 0 saturated heterocycles. The molecule has 0 aliphatic heterocycles. The van der Waals surface area contributed by atoms with Gasteiger partial charge in [0.1, 0.15) is 12.7 Å². The summed E-state index contributed by atoms with van der Waals surface area (Å²) in [4.78, 5) is 0. The summed E-state index contributed by atoms with van der Waals surface area (Å²) < 4.78 is 4.84. The second-order valence-electron chi connectivity index (χ2n) is 4.73. The summed E-state index contributed by atoms with van der Waals surface area (Å²) in [5.41, 5.74) is 4.50. The lowest BCUT2D eigenvalue weighted by Gasteiger charge is -2.09. The van der Waals surface area contributed by atoms with Gasteiger partial charge in [-0.25, -0.2) is 4.68 Å². The van der Waals surface area contributed by atoms with E-state index in [-0.39, 0.29) is 0 Å². The largest absolute Gasteiger partial charge is 0.318 e. The lowest BCUT2D eigenvalue weighted by atomic mass is 10.2. The SMILES string of the molecule is Cc1cc(/C=N\n2cnnc2)c(C)n1-c1cccc(Br)c1. The smallest absolute Gasteiger partial charge is 0.141 e. The van der Waals surface area contributed by atoms with Crippen molar-refractivity contribution in [1.82, 2.24) is 19.4 Å². The highest BCUT2D eigenvalue weighted by Gasteiger charge is 2.09. The van der Waals surface area contributed by atoms with Crippen LogP contribution in [0.4, 0.5) is 0 Å². The van der Waals surface area contributed by atoms with Crippen LogP contribution in [0.5, 0.6) is 0 Å². The standard InChI is InChI=1S/C15H14BrN5/c1-11-6-13(8-19-20-9-17-18-10-20)12(2)21(11)15-5-3-4-14(16)7-15/h3-10H,1-2H3/b19-8-. The molecule has 0 fully saturated rings. The van der Waals surface area contributed by atoms with Gasteiger partial charge in [-0.05, 0) is 38.1 Å². The Morgan fingerprint density at radius 2 is 1.90 bits per heavy atom. The minimum absolute atomic E-state index is 1.06. The monoisotopic (exact) mass is 343 g/mol. The molecular formula is C15H14BrN5. The van der Waals surface area contributed by atoms with Gasteiger partial charge in [-0.3, -0.25) is 0 Å². The van der Waals surface area contributed by atoms with Gasteiger partial charge in [-0.1, -0.05) is 22.0 Å². The Morgan fingerprint density at radius 1 is 1.14 bits per heavy atom. The van der Waals surface area contributed by atoms with Crippen molar-refractivity contribution >= 4 is 22.1 Å². The molecule has 3 rings (SSSR count). The Kier molecular flexibility index (Phi) is 3.70. The first-order valence-electron chi connectivity index (χ1n) is 6.49. The van der Waals surface area contributed by atoms with Gasteiger partial charge in [0.2, 0.25) is 0 Å². The van der Waals surface area contributed by atoms with E-state index < -0.39 is 0 Å². The Bertz CT molecular complexity index is 787. The molecule has 21 heavy (non-hydrogen) atoms. The van der Waals surface area contributed by atoms with Crippen LogP contribution in [-0.2, 0) is 0 Å². The fourth-order valence-corrected chi connectivity index (χ4v) is 2.70. The molecule has 0 spiro atoms. The normalized spacial score (nSPS) is 11.4. The van der Waals surface area contributed by atoms with Gasteiger partial charge in [0, 0.05) is 27.1 Å². The van der Waals surface area contributed by atoms with E-state index in [4.69, 9.17) is 0 Å². The summed E-state index contributed by atoms with van der Waals surface area (Å²) in [6.45, 7) is 4.17. The van der Waals surface area contributed by atoms with Gasteiger partial charge >= 0.3 is 0 Å². The summed E-state index contributed by atoms with van der Waals surface area (Å²) in [5, 5.41) is 11.8. The van der Waals surface area contributed by atoms with E-state index in [0.29, 0.717) is 0 Å². The van der Waals surface area contributed by atoms with Gasteiger partial charge in [0.05, 0.1) is 6.21 Å². The molecule has 0 aliphatic rings. The molecule has 1 aromatic carbocycles. The molecule has 3 aromatic rings. The molecule has 0 bridgehead atoms. The number of hydrogen-bond acceptors (Lipinski definition) is 3. The third-order valence-corrected chi connectivity index (χ3v) is 3.77. The topological polar surface area (TPSA) is 48.0 Å². The molecule has 5 nitrogen and oxygen atoms in total. The molecule has 0 radical (unpaired) electrons. The number of hydrogen-bond donors (Lipinski definition) is 0. The van der Waals surface area contributed by atoms with Gasteiger partial charge in [0.25, 0.3) is 0 Å². The van der Waals surface area contributed by atoms with Crippen LogP contribution in [0.25, 0.3) is 5.69 Å². The van der Waals surface area contributed by atoms with E-state index in [0.717, 1.165) is 27.1 Å². The van der Waals surface area contributed by atoms with Crippen LogP contribution in [0, 0.1) is 13.8 Å². The average Bonchev–Trinajstić information content (AvgIpc) is 3.05. The summed E-state index contributed by atoms with van der Waals surface area (Å²) in [5.74, 6) is 0. The highest BCUT2D eigenvalue weighted by atomic mass is 79.9. The van der Waals surface area contributed by atoms with Crippen molar-refractivity contribution in [3.8, 4) is 5.69 Å². The number of halogens is 1. The zero-order chi connectivity index (χ0) is 14.8. The van der Waals surface area contributed by atoms with E-state index in [1.807, 2.05) is 18.3 Å². The summed E-state index contributed by atoms with van der Waals surface area (Å²) in [6, 6.07) is 10.4. The number of benzene rings is 1. The molecule has 2 heterocycles. The lowest BCUT2D eigenvalue weighted by molar-refractivity contribution is 0.877. The van der Waals surface area contributed by atoms with Crippen molar-refractivity contribution in [1.29, 1.82) is 0 Å². The number of aromatic nitrogens is 4. The maximum Gasteiger partial charge on any atom is 0.141 e. The number of rotatable bonds is 3. The molecule has 0 amide bonds. The highest BCUT2D eigenvalue weighted by molar-refractivity contribution is 9.10. The molecule has 106 valence electrons. The first-order chi connectivity index (χ1) is 10.1. The van der Waals surface area contributed by atoms with Crippen molar-refractivity contribution in [2.24, 2.45) is 5.10 Å². The molecule has 0 N–H and O–H groups in total. The van der Waals surface area contributed by atoms with Crippen molar-refractivity contribution < 1.29 is 0 Å². The van der Waals surface area contributed by atoms with Gasteiger partial charge in [0.15, 0.2) is 0 Å². The van der Waals surface area contributed by atoms with Crippen LogP contribution in [0.1, 0.15) is 17.0 Å². The Balaban J connectivity index is 2.00. The Labute approximate surface area is 131 Å². The molecule has 2 aromatic heterocycles. The minimum Gasteiger partial charge on any atom is -0.318 e. The van der Waals surface area contributed by atoms with E-state index in [1.165, 1.54) is 0 Å². The summed E-state index contributed by atoms with van der Waals surface area (Å²) >= 11 is 3.52. The zero-order valence-corrected chi connectivity index (χ0v) is 13.3. The molecule has 0 saturated carbocycles. The number of aryl methyl sites for hydroxylation is 1. The maximum atomic E-state index is 4.31. The van der Waals surface area contributed by atoms with E-state index in [1.54, 1.807) is 17.3 Å². The van der Waals surface area contributed by atoms with E-state index in [9.17, 15) is 0 Å². The first-order valence-corrected chi connectivity index (χ1v) is 7.28. The minimum atomic E-state index is 1.06. The fraction of sp³-hybridized carbons (Fsp3) is 0.133. The molecule has 0 atom stereocenters. The zero-order valence-electron chi connectivity index (χ0n) is 11.7. The second kappa shape index (κ2) is 5.65. The van der Waals surface area contributed by atoms with E-state index in [2.05, 4.69) is 67.8 Å². The van der Waals surface area contributed by atoms with Crippen LogP contribution in [0.2, 0.25) is 0 Å². The van der Waals surface area contributed by atoms with E-state index >= 15 is 0 Å². The average molecular weight is 344 g/mol. The quantitative estimate of drug-likeness (QED) is 0.685. The number of nitrogens with zero attached hydrogens (tertiary/aromatic N) is 5. The van der Waals surface area contributed by atoms with Crippen molar-refractivity contribution in [3.05, 3.63) is 64.4 Å². The predicted octanol–water partition coefficient (Wildman–Crippen LogP) is 3.33. The van der Waals surface area contributed by atoms with Crippen molar-refractivity contribution in [3.63, 3.8) is 0 Å². The molecular weight excluding hydrogens is 330 g/mol. The molecule has 6 heteroatoms. The third kappa shape index (κ3) is 2.80. The van der Waals surface area contributed by atoms with Crippen LogP contribution >= 0.6 is 15.9 Å². The van der Waals surface area contributed by atoms with Gasteiger partial charge in [-0.15, -0.1) is 10.2 Å². The van der Waals surface area contributed by atoms with Crippen LogP contribution in [0.15, 0.2) is 52.6 Å². The Hall–Kier alpha value is -2.21. The van der Waals surface area contributed by atoms with Crippen LogP contribution in [-0.4, -0.2) is 25.7 Å². The predicted molar refractivity (Wildman–Crippen MR) is 86.0 cm³/mol. The first kappa shape index (κ1) is 13.8. The highest BCUT2D eigenvalue weighted by Crippen LogP contribution is 2.22. The summed E-state index contributed by atoms with van der Waals surface area (Å²) in [6.07, 6.45) is 4.94. The van der Waals surface area contributed by atoms with Crippen LogP contribution < -0.4 is 0 Å². The fourth-order valence-electron chi connectivity index (χ4n) is 2.31. The van der Waals surface area contributed by atoms with Crippen molar-refractivity contribution in [2.45, 2.75) is 13.8 Å². The molecule has 0 unspecified atom stereocenters. The van der Waals surface area contributed by atoms with Crippen LogP contribution in [0.3, 0.4) is 0 Å². The van der Waals surface area contributed by atoms with Gasteiger partial charge < -0.3 is 4.57 Å².